The Bertz CT molecular complexity index is 266. The molecule has 0 aromatic rings. The van der Waals surface area contributed by atoms with Gasteiger partial charge in [0.1, 0.15) is 0 Å². The summed E-state index contributed by atoms with van der Waals surface area (Å²) in [7, 11) is 0. The predicted octanol–water partition coefficient (Wildman–Crippen LogP) is 0.958. The van der Waals surface area contributed by atoms with Crippen LogP contribution < -0.4 is 5.73 Å². The van der Waals surface area contributed by atoms with Gasteiger partial charge in [0.05, 0.1) is 12.0 Å². The predicted molar refractivity (Wildman–Crippen MR) is 55.5 cm³/mol. The molecule has 0 bridgehead atoms. The second kappa shape index (κ2) is 3.22. The van der Waals surface area contributed by atoms with Crippen molar-refractivity contribution in [3.05, 3.63) is 0 Å². The van der Waals surface area contributed by atoms with Crippen LogP contribution in [0.15, 0.2) is 0 Å². The van der Waals surface area contributed by atoms with Gasteiger partial charge in [0.15, 0.2) is 0 Å². The molecule has 2 rings (SSSR count). The van der Waals surface area contributed by atoms with E-state index in [9.17, 15) is 0 Å². The number of rotatable bonds is 1. The van der Waals surface area contributed by atoms with Gasteiger partial charge in [0, 0.05) is 18.6 Å². The van der Waals surface area contributed by atoms with Crippen LogP contribution in [-0.2, 0) is 0 Å². The van der Waals surface area contributed by atoms with Gasteiger partial charge in [-0.25, -0.2) is 0 Å². The van der Waals surface area contributed by atoms with Gasteiger partial charge >= 0.3 is 0 Å². The Balaban J connectivity index is 1.96. The van der Waals surface area contributed by atoms with Crippen molar-refractivity contribution >= 4 is 0 Å². The van der Waals surface area contributed by atoms with Gasteiger partial charge in [0.25, 0.3) is 0 Å². The summed E-state index contributed by atoms with van der Waals surface area (Å²) in [6, 6.07) is 3.31. The van der Waals surface area contributed by atoms with Crippen molar-refractivity contribution in [1.29, 1.82) is 5.26 Å². The molecule has 3 atom stereocenters. The Kier molecular flexibility index (Phi) is 2.29. The zero-order chi connectivity index (χ0) is 10.3. The highest BCUT2D eigenvalue weighted by Gasteiger charge is 2.49. The molecule has 1 saturated heterocycles. The summed E-state index contributed by atoms with van der Waals surface area (Å²) in [6.07, 6.45) is 2.14. The molecular formula is C11H19N3. The molecular weight excluding hydrogens is 174 g/mol. The molecule has 0 spiro atoms. The van der Waals surface area contributed by atoms with Gasteiger partial charge in [-0.2, -0.15) is 5.26 Å². The lowest BCUT2D eigenvalue weighted by Gasteiger charge is -2.54. The van der Waals surface area contributed by atoms with Crippen molar-refractivity contribution in [2.75, 3.05) is 13.1 Å². The lowest BCUT2D eigenvalue weighted by Crippen LogP contribution is -2.64. The second-order valence-electron chi connectivity index (χ2n) is 5.29. The van der Waals surface area contributed by atoms with Crippen molar-refractivity contribution in [2.45, 2.75) is 38.8 Å². The lowest BCUT2D eigenvalue weighted by atomic mass is 9.62. The first-order valence-electron chi connectivity index (χ1n) is 5.45. The van der Waals surface area contributed by atoms with Gasteiger partial charge in [-0.05, 0) is 24.8 Å². The zero-order valence-electron chi connectivity index (χ0n) is 9.03. The summed E-state index contributed by atoms with van der Waals surface area (Å²) in [5.41, 5.74) is 6.23. The Morgan fingerprint density at radius 3 is 2.64 bits per heavy atom. The Hall–Kier alpha value is -0.590. The first kappa shape index (κ1) is 9.95. The minimum atomic E-state index is 0.240. The number of likely N-dealkylation sites (tertiary alicyclic amines) is 1. The van der Waals surface area contributed by atoms with Crippen LogP contribution in [-0.4, -0.2) is 30.1 Å². The largest absolute Gasteiger partial charge is 0.327 e. The maximum Gasteiger partial charge on any atom is 0.0669 e. The topological polar surface area (TPSA) is 53.0 Å². The van der Waals surface area contributed by atoms with Crippen LogP contribution in [0.1, 0.15) is 26.7 Å². The molecule has 1 heterocycles. The third kappa shape index (κ3) is 1.34. The SMILES string of the molecule is CC1(C)C(N)CC1N1CCC(C#N)C1. The first-order chi connectivity index (χ1) is 6.55. The van der Waals surface area contributed by atoms with Crippen LogP contribution in [0.5, 0.6) is 0 Å². The number of nitriles is 1. The zero-order valence-corrected chi connectivity index (χ0v) is 9.03. The van der Waals surface area contributed by atoms with Crippen LogP contribution in [0.25, 0.3) is 0 Å². The summed E-state index contributed by atoms with van der Waals surface area (Å²) in [5, 5.41) is 8.84. The fourth-order valence-corrected chi connectivity index (χ4v) is 2.73. The van der Waals surface area contributed by atoms with Crippen LogP contribution >= 0.6 is 0 Å². The summed E-state index contributed by atoms with van der Waals surface area (Å²) < 4.78 is 0. The normalized spacial score (nSPS) is 41.7. The maximum absolute atomic E-state index is 8.84. The minimum Gasteiger partial charge on any atom is -0.327 e. The quantitative estimate of drug-likeness (QED) is 0.675. The molecule has 78 valence electrons. The molecule has 1 saturated carbocycles. The van der Waals surface area contributed by atoms with E-state index in [0.29, 0.717) is 12.1 Å². The molecule has 0 radical (unpaired) electrons. The van der Waals surface area contributed by atoms with Crippen molar-refractivity contribution < 1.29 is 0 Å². The highest BCUT2D eigenvalue weighted by molar-refractivity contribution is 5.07. The Morgan fingerprint density at radius 2 is 2.21 bits per heavy atom. The van der Waals surface area contributed by atoms with Gasteiger partial charge < -0.3 is 5.73 Å². The number of nitrogens with zero attached hydrogens (tertiary/aromatic N) is 2. The molecule has 3 heteroatoms. The molecule has 3 nitrogen and oxygen atoms in total. The van der Waals surface area contributed by atoms with Crippen LogP contribution in [0, 0.1) is 22.7 Å². The Morgan fingerprint density at radius 1 is 1.50 bits per heavy atom. The number of hydrogen-bond acceptors (Lipinski definition) is 3. The molecule has 0 amide bonds. The smallest absolute Gasteiger partial charge is 0.0669 e. The molecule has 2 N–H and O–H groups in total. The summed E-state index contributed by atoms with van der Waals surface area (Å²) in [6.45, 7) is 6.52. The van der Waals surface area contributed by atoms with E-state index in [1.807, 2.05) is 0 Å². The van der Waals surface area contributed by atoms with Gasteiger partial charge in [-0.1, -0.05) is 13.8 Å². The average Bonchev–Trinajstić information content (AvgIpc) is 2.61. The van der Waals surface area contributed by atoms with Crippen molar-refractivity contribution in [3.8, 4) is 6.07 Å². The summed E-state index contributed by atoms with van der Waals surface area (Å²) in [5.74, 6) is 0.252. The highest BCUT2D eigenvalue weighted by atomic mass is 15.2. The summed E-state index contributed by atoms with van der Waals surface area (Å²) >= 11 is 0. The minimum absolute atomic E-state index is 0.240. The lowest BCUT2D eigenvalue weighted by molar-refractivity contribution is -0.0102. The van der Waals surface area contributed by atoms with Crippen molar-refractivity contribution in [3.63, 3.8) is 0 Å². The Labute approximate surface area is 85.9 Å². The van der Waals surface area contributed by atoms with Crippen molar-refractivity contribution in [2.24, 2.45) is 17.1 Å². The maximum atomic E-state index is 8.84. The van der Waals surface area contributed by atoms with E-state index in [-0.39, 0.29) is 11.3 Å². The van der Waals surface area contributed by atoms with E-state index in [2.05, 4.69) is 24.8 Å². The number of hydrogen-bond donors (Lipinski definition) is 1. The van der Waals surface area contributed by atoms with Crippen LogP contribution in [0.4, 0.5) is 0 Å². The standard InChI is InChI=1S/C11H19N3/c1-11(2)9(13)5-10(11)14-4-3-8(6-12)7-14/h8-10H,3-5,7,13H2,1-2H3. The van der Waals surface area contributed by atoms with E-state index in [1.165, 1.54) is 0 Å². The van der Waals surface area contributed by atoms with Gasteiger partial charge in [-0.3, -0.25) is 4.90 Å². The molecule has 1 aliphatic carbocycles. The molecule has 2 fully saturated rings. The van der Waals surface area contributed by atoms with E-state index >= 15 is 0 Å². The third-order valence-corrected chi connectivity index (χ3v) is 4.13. The van der Waals surface area contributed by atoms with E-state index < -0.39 is 0 Å². The third-order valence-electron chi connectivity index (χ3n) is 4.13. The molecule has 2 aliphatic rings. The molecule has 0 aromatic carbocycles. The molecule has 14 heavy (non-hydrogen) atoms. The van der Waals surface area contributed by atoms with E-state index in [0.717, 1.165) is 25.9 Å². The molecule has 1 aliphatic heterocycles. The highest BCUT2D eigenvalue weighted by Crippen LogP contribution is 2.43. The number of nitrogens with two attached hydrogens (primary N) is 1. The van der Waals surface area contributed by atoms with Crippen LogP contribution in [0.3, 0.4) is 0 Å². The van der Waals surface area contributed by atoms with Gasteiger partial charge in [0.2, 0.25) is 0 Å². The van der Waals surface area contributed by atoms with Crippen molar-refractivity contribution in [1.82, 2.24) is 4.90 Å². The second-order valence-corrected chi connectivity index (χ2v) is 5.29. The average molecular weight is 193 g/mol. The molecule has 0 aromatic heterocycles. The fraction of sp³-hybridized carbons (Fsp3) is 0.909. The fourth-order valence-electron chi connectivity index (χ4n) is 2.73. The monoisotopic (exact) mass is 193 g/mol. The van der Waals surface area contributed by atoms with E-state index in [4.69, 9.17) is 11.0 Å². The van der Waals surface area contributed by atoms with Gasteiger partial charge in [-0.15, -0.1) is 0 Å². The van der Waals surface area contributed by atoms with Crippen LogP contribution in [0.2, 0.25) is 0 Å². The molecule has 3 unspecified atom stereocenters. The summed E-state index contributed by atoms with van der Waals surface area (Å²) in [4.78, 5) is 2.46. The first-order valence-corrected chi connectivity index (χ1v) is 5.45. The van der Waals surface area contributed by atoms with E-state index in [1.54, 1.807) is 0 Å².